The molecule has 0 aliphatic rings. The average molecular weight is 434 g/mol. The highest BCUT2D eigenvalue weighted by molar-refractivity contribution is 9.10. The molecular formula is C19H20BrN3O4. The number of primary amides is 1. The van der Waals surface area contributed by atoms with Gasteiger partial charge in [0.1, 0.15) is 13.2 Å². The van der Waals surface area contributed by atoms with E-state index < -0.39 is 23.9 Å². The molecule has 2 rings (SSSR count). The molecule has 4 N–H and O–H groups in total. The molecule has 0 aliphatic carbocycles. The van der Waals surface area contributed by atoms with Crippen LogP contribution in [0, 0.1) is 0 Å². The number of benzene rings is 2. The van der Waals surface area contributed by atoms with Gasteiger partial charge >= 0.3 is 12.0 Å². The van der Waals surface area contributed by atoms with E-state index in [1.54, 1.807) is 18.2 Å². The molecule has 2 aromatic carbocycles. The fourth-order valence-corrected chi connectivity index (χ4v) is 2.78. The predicted molar refractivity (Wildman–Crippen MR) is 103 cm³/mol. The third kappa shape index (κ3) is 7.49. The molecule has 1 unspecified atom stereocenters. The van der Waals surface area contributed by atoms with Gasteiger partial charge in [-0.15, -0.1) is 0 Å². The minimum atomic E-state index is -0.741. The van der Waals surface area contributed by atoms with Crippen molar-refractivity contribution >= 4 is 33.8 Å². The Morgan fingerprint density at radius 2 is 1.81 bits per heavy atom. The standard InChI is InChI=1S/C19H20BrN3O4/c20-15-8-4-7-14(9-15)16(23-19(21)26)10-17(24)22-11-18(25)27-12-13-5-2-1-3-6-13/h1-9,16H,10-12H2,(H,22,24)(H3,21,23,26). The molecule has 0 fully saturated rings. The molecule has 0 heterocycles. The summed E-state index contributed by atoms with van der Waals surface area (Å²) in [5.41, 5.74) is 6.77. The molecule has 0 aromatic heterocycles. The molecule has 1 atom stereocenters. The molecule has 0 saturated heterocycles. The Bertz CT molecular complexity index is 799. The quantitative estimate of drug-likeness (QED) is 0.554. The van der Waals surface area contributed by atoms with Crippen LogP contribution in [0.25, 0.3) is 0 Å². The maximum atomic E-state index is 12.1. The fourth-order valence-electron chi connectivity index (χ4n) is 2.36. The van der Waals surface area contributed by atoms with Crippen molar-refractivity contribution in [1.29, 1.82) is 0 Å². The zero-order valence-corrected chi connectivity index (χ0v) is 16.1. The second kappa shape index (κ2) is 10.3. The first-order valence-corrected chi connectivity index (χ1v) is 9.01. The van der Waals surface area contributed by atoms with Gasteiger partial charge in [-0.3, -0.25) is 9.59 Å². The molecule has 27 heavy (non-hydrogen) atoms. The largest absolute Gasteiger partial charge is 0.460 e. The number of ether oxygens (including phenoxy) is 1. The molecule has 3 amide bonds. The highest BCUT2D eigenvalue weighted by atomic mass is 79.9. The van der Waals surface area contributed by atoms with Gasteiger partial charge in [0, 0.05) is 4.47 Å². The van der Waals surface area contributed by atoms with E-state index in [2.05, 4.69) is 26.6 Å². The molecule has 0 saturated carbocycles. The van der Waals surface area contributed by atoms with Gasteiger partial charge in [0.15, 0.2) is 0 Å². The smallest absolute Gasteiger partial charge is 0.325 e. The van der Waals surface area contributed by atoms with Crippen LogP contribution < -0.4 is 16.4 Å². The third-order valence-corrected chi connectivity index (χ3v) is 4.12. The average Bonchev–Trinajstić information content (AvgIpc) is 2.64. The number of hydrogen-bond donors (Lipinski definition) is 3. The van der Waals surface area contributed by atoms with Crippen LogP contribution in [0.2, 0.25) is 0 Å². The number of rotatable bonds is 8. The van der Waals surface area contributed by atoms with Gasteiger partial charge in [-0.1, -0.05) is 58.4 Å². The molecule has 142 valence electrons. The van der Waals surface area contributed by atoms with Gasteiger partial charge in [-0.25, -0.2) is 4.79 Å². The highest BCUT2D eigenvalue weighted by Gasteiger charge is 2.18. The van der Waals surface area contributed by atoms with Crippen LogP contribution in [0.15, 0.2) is 59.1 Å². The number of nitrogens with one attached hydrogen (secondary N) is 2. The van der Waals surface area contributed by atoms with E-state index in [1.165, 1.54) is 0 Å². The molecule has 2 aromatic rings. The molecule has 8 heteroatoms. The fraction of sp³-hybridized carbons (Fsp3) is 0.211. The summed E-state index contributed by atoms with van der Waals surface area (Å²) in [6.07, 6.45) is -0.0641. The second-order valence-electron chi connectivity index (χ2n) is 5.74. The Morgan fingerprint density at radius 3 is 2.48 bits per heavy atom. The summed E-state index contributed by atoms with van der Waals surface area (Å²) in [4.78, 5) is 35.1. The number of amides is 3. The monoisotopic (exact) mass is 433 g/mol. The summed E-state index contributed by atoms with van der Waals surface area (Å²) in [5, 5.41) is 5.02. The van der Waals surface area contributed by atoms with Crippen molar-refractivity contribution in [2.75, 3.05) is 6.54 Å². The highest BCUT2D eigenvalue weighted by Crippen LogP contribution is 2.20. The van der Waals surface area contributed by atoms with Gasteiger partial charge in [0.05, 0.1) is 12.5 Å². The van der Waals surface area contributed by atoms with Crippen molar-refractivity contribution in [1.82, 2.24) is 10.6 Å². The van der Waals surface area contributed by atoms with E-state index in [-0.39, 0.29) is 19.6 Å². The number of carbonyl (C=O) groups excluding carboxylic acids is 3. The van der Waals surface area contributed by atoms with Gasteiger partial charge in [0.2, 0.25) is 5.91 Å². The maximum absolute atomic E-state index is 12.1. The predicted octanol–water partition coefficient (Wildman–Crippen LogP) is 2.41. The van der Waals surface area contributed by atoms with E-state index >= 15 is 0 Å². The van der Waals surface area contributed by atoms with Crippen LogP contribution in [0.4, 0.5) is 4.79 Å². The van der Waals surface area contributed by atoms with Crippen LogP contribution >= 0.6 is 15.9 Å². The van der Waals surface area contributed by atoms with E-state index in [4.69, 9.17) is 10.5 Å². The Labute approximate surface area is 165 Å². The van der Waals surface area contributed by atoms with Crippen molar-refractivity contribution in [2.24, 2.45) is 5.73 Å². The van der Waals surface area contributed by atoms with Crippen molar-refractivity contribution in [3.8, 4) is 0 Å². The summed E-state index contributed by atoms with van der Waals surface area (Å²) in [7, 11) is 0. The van der Waals surface area contributed by atoms with Crippen LogP contribution in [0.1, 0.15) is 23.6 Å². The number of halogens is 1. The molecule has 7 nitrogen and oxygen atoms in total. The molecular weight excluding hydrogens is 414 g/mol. The lowest BCUT2D eigenvalue weighted by Crippen LogP contribution is -2.38. The van der Waals surface area contributed by atoms with E-state index in [0.717, 1.165) is 10.0 Å². The first-order chi connectivity index (χ1) is 12.9. The summed E-state index contributed by atoms with van der Waals surface area (Å²) in [6.45, 7) is -0.118. The molecule has 0 bridgehead atoms. The van der Waals surface area contributed by atoms with Crippen LogP contribution in [0.3, 0.4) is 0 Å². The maximum Gasteiger partial charge on any atom is 0.325 e. The van der Waals surface area contributed by atoms with Gasteiger partial charge in [-0.2, -0.15) is 0 Å². The Morgan fingerprint density at radius 1 is 1.07 bits per heavy atom. The first kappa shape index (κ1) is 20.4. The number of hydrogen-bond acceptors (Lipinski definition) is 4. The molecule has 0 aliphatic heterocycles. The summed E-state index contributed by atoms with van der Waals surface area (Å²) < 4.78 is 5.91. The summed E-state index contributed by atoms with van der Waals surface area (Å²) in [5.74, 6) is -0.959. The molecule has 0 spiro atoms. The van der Waals surface area contributed by atoms with Crippen LogP contribution in [-0.4, -0.2) is 24.5 Å². The summed E-state index contributed by atoms with van der Waals surface area (Å²) in [6, 6.07) is 15.0. The van der Waals surface area contributed by atoms with Crippen molar-refractivity contribution in [2.45, 2.75) is 19.1 Å². The SMILES string of the molecule is NC(=O)NC(CC(=O)NCC(=O)OCc1ccccc1)c1cccc(Br)c1. The van der Waals surface area contributed by atoms with E-state index in [1.807, 2.05) is 36.4 Å². The molecule has 0 radical (unpaired) electrons. The Hall–Kier alpha value is -2.87. The zero-order valence-electron chi connectivity index (χ0n) is 14.5. The minimum Gasteiger partial charge on any atom is -0.460 e. The first-order valence-electron chi connectivity index (χ1n) is 8.21. The van der Waals surface area contributed by atoms with Crippen molar-refractivity contribution in [3.05, 3.63) is 70.2 Å². The van der Waals surface area contributed by atoms with Gasteiger partial charge in [0.25, 0.3) is 0 Å². The second-order valence-corrected chi connectivity index (χ2v) is 6.66. The van der Waals surface area contributed by atoms with Crippen molar-refractivity contribution < 1.29 is 19.1 Å². The van der Waals surface area contributed by atoms with Gasteiger partial charge < -0.3 is 21.1 Å². The lowest BCUT2D eigenvalue weighted by Gasteiger charge is -2.18. The number of nitrogens with two attached hydrogens (primary N) is 1. The summed E-state index contributed by atoms with van der Waals surface area (Å²) >= 11 is 3.34. The number of urea groups is 1. The third-order valence-electron chi connectivity index (χ3n) is 3.63. The van der Waals surface area contributed by atoms with Crippen molar-refractivity contribution in [3.63, 3.8) is 0 Å². The number of carbonyl (C=O) groups is 3. The number of esters is 1. The lowest BCUT2D eigenvalue weighted by molar-refractivity contribution is -0.145. The van der Waals surface area contributed by atoms with Crippen LogP contribution in [0.5, 0.6) is 0 Å². The normalized spacial score (nSPS) is 11.3. The minimum absolute atomic E-state index is 0.0641. The van der Waals surface area contributed by atoms with E-state index in [0.29, 0.717) is 5.56 Å². The topological polar surface area (TPSA) is 111 Å². The lowest BCUT2D eigenvalue weighted by atomic mass is 10.0. The Balaban J connectivity index is 1.84. The Kier molecular flexibility index (Phi) is 7.81. The van der Waals surface area contributed by atoms with E-state index in [9.17, 15) is 14.4 Å². The zero-order chi connectivity index (χ0) is 19.6. The van der Waals surface area contributed by atoms with Crippen LogP contribution in [-0.2, 0) is 20.9 Å². The van der Waals surface area contributed by atoms with Gasteiger partial charge in [-0.05, 0) is 23.3 Å².